The van der Waals surface area contributed by atoms with E-state index in [2.05, 4.69) is 16.9 Å². The van der Waals surface area contributed by atoms with Crippen LogP contribution in [0.25, 0.3) is 10.2 Å². The van der Waals surface area contributed by atoms with Gasteiger partial charge in [0.15, 0.2) is 0 Å². The topological polar surface area (TPSA) is 131 Å². The lowest BCUT2D eigenvalue weighted by Gasteiger charge is -2.35. The summed E-state index contributed by atoms with van der Waals surface area (Å²) in [5.74, 6) is -0.527. The van der Waals surface area contributed by atoms with Gasteiger partial charge in [0.1, 0.15) is 33.5 Å². The molecule has 3 heterocycles. The van der Waals surface area contributed by atoms with Crippen molar-refractivity contribution < 1.29 is 23.8 Å². The van der Waals surface area contributed by atoms with Crippen molar-refractivity contribution in [1.82, 2.24) is 14.0 Å². The summed E-state index contributed by atoms with van der Waals surface area (Å²) in [6.07, 6.45) is 1.49. The van der Waals surface area contributed by atoms with E-state index in [0.717, 1.165) is 15.9 Å². The first kappa shape index (κ1) is 32.0. The molecule has 0 saturated carbocycles. The number of anilines is 1. The number of methoxy groups -OCH3 is 1. The molecule has 1 aliphatic heterocycles. The molecule has 43 heavy (non-hydrogen) atoms. The normalized spacial score (nSPS) is 16.4. The van der Waals surface area contributed by atoms with Crippen LogP contribution >= 0.6 is 11.3 Å². The van der Waals surface area contributed by atoms with E-state index < -0.39 is 29.2 Å². The second kappa shape index (κ2) is 13.6. The quantitative estimate of drug-likeness (QED) is 0.244. The molecule has 1 fully saturated rings. The Hall–Kier alpha value is -3.88. The highest BCUT2D eigenvalue weighted by atomic mass is 32.1. The Labute approximate surface area is 252 Å². The highest BCUT2D eigenvalue weighted by Gasteiger charge is 2.36. The van der Waals surface area contributed by atoms with Crippen molar-refractivity contribution in [1.29, 1.82) is 0 Å². The van der Waals surface area contributed by atoms with Crippen LogP contribution in [-0.2, 0) is 16.1 Å². The molecule has 14 heteroatoms. The number of aryl methyl sites for hydroxylation is 1. The lowest BCUT2D eigenvalue weighted by atomic mass is 10.0. The fourth-order valence-corrected chi connectivity index (χ4v) is 6.66. The Morgan fingerprint density at radius 3 is 2.67 bits per heavy atom. The van der Waals surface area contributed by atoms with Gasteiger partial charge in [-0.05, 0) is 58.7 Å². The van der Waals surface area contributed by atoms with Gasteiger partial charge in [-0.3, -0.25) is 14.2 Å². The maximum atomic E-state index is 14.4. The molecule has 232 valence electrons. The second-order valence-electron chi connectivity index (χ2n) is 10.3. The van der Waals surface area contributed by atoms with Gasteiger partial charge in [0.05, 0.1) is 32.3 Å². The highest BCUT2D eigenvalue weighted by Crippen LogP contribution is 2.38. The Bertz CT molecular complexity index is 1650. The number of likely N-dealkylation sites (tertiary alicyclic amines) is 1. The minimum atomic E-state index is -1.00. The van der Waals surface area contributed by atoms with Gasteiger partial charge in [0.2, 0.25) is 5.91 Å². The Morgan fingerprint density at radius 2 is 2.05 bits per heavy atom. The fourth-order valence-electron chi connectivity index (χ4n) is 5.43. The number of hydrogen-bond acceptors (Lipinski definition) is 10. The summed E-state index contributed by atoms with van der Waals surface area (Å²) in [5, 5.41) is 19.6. The number of halogens is 1. The van der Waals surface area contributed by atoms with Crippen LogP contribution in [0.3, 0.4) is 0 Å². The van der Waals surface area contributed by atoms with Gasteiger partial charge in [0.25, 0.3) is 5.56 Å². The molecule has 0 spiro atoms. The lowest BCUT2D eigenvalue weighted by Crippen LogP contribution is -2.52. The Kier molecular flexibility index (Phi) is 10.1. The van der Waals surface area contributed by atoms with E-state index in [1.807, 2.05) is 13.8 Å². The maximum absolute atomic E-state index is 14.4. The SMILES string of the molecule is C=NN(/N=C\C)c1sc2c(c1C)c(=O)n([C@H]1CCCN(C(C)C)C1=O)c(=O)n2C[C@H](OCCO)c1cc(F)ccc1OC. The summed E-state index contributed by atoms with van der Waals surface area (Å²) in [7, 11) is 1.43. The second-order valence-corrected chi connectivity index (χ2v) is 11.3. The number of benzene rings is 1. The molecular weight excluding hydrogens is 579 g/mol. The molecule has 0 radical (unpaired) electrons. The summed E-state index contributed by atoms with van der Waals surface area (Å²) < 4.78 is 28.2. The summed E-state index contributed by atoms with van der Waals surface area (Å²) in [6.45, 7) is 10.7. The predicted molar refractivity (Wildman–Crippen MR) is 165 cm³/mol. The summed E-state index contributed by atoms with van der Waals surface area (Å²) in [4.78, 5) is 44.1. The Balaban J connectivity index is 2.03. The zero-order chi connectivity index (χ0) is 31.4. The average molecular weight is 617 g/mol. The number of amides is 1. The standard InChI is InChI=1S/C29H37FN6O6S/c1-7-32-36(31-5)27-18(4)24-26(39)35(21-9-8-12-33(17(2)3)25(21)38)29(40)34(28(24)43-27)16-23(42-14-13-37)20-15-19(30)10-11-22(20)41-6/h7,10-11,15,17,21,23,37H,5,8-9,12-14,16H2,1-4,6H3/b32-7-/t21-,23-/m0/s1. The van der Waals surface area contributed by atoms with Crippen molar-refractivity contribution in [2.24, 2.45) is 10.2 Å². The third kappa shape index (κ3) is 6.12. The van der Waals surface area contributed by atoms with E-state index in [9.17, 15) is 23.9 Å². The van der Waals surface area contributed by atoms with Crippen LogP contribution in [0.15, 0.2) is 38.0 Å². The van der Waals surface area contributed by atoms with Gasteiger partial charge in [-0.2, -0.15) is 10.2 Å². The van der Waals surface area contributed by atoms with Crippen molar-refractivity contribution in [2.75, 3.05) is 32.0 Å². The molecule has 1 amide bonds. The van der Waals surface area contributed by atoms with Gasteiger partial charge < -0.3 is 19.5 Å². The van der Waals surface area contributed by atoms with E-state index in [4.69, 9.17) is 9.47 Å². The number of aliphatic hydroxyl groups excluding tert-OH is 1. The van der Waals surface area contributed by atoms with Crippen LogP contribution < -0.4 is 21.1 Å². The molecule has 4 rings (SSSR count). The third-order valence-corrected chi connectivity index (χ3v) is 8.72. The first-order valence-electron chi connectivity index (χ1n) is 14.0. The number of carbonyl (C=O) groups excluding carboxylic acids is 1. The minimum Gasteiger partial charge on any atom is -0.496 e. The molecule has 0 bridgehead atoms. The zero-order valence-corrected chi connectivity index (χ0v) is 25.8. The number of thiophene rings is 1. The average Bonchev–Trinajstić information content (AvgIpc) is 3.32. The summed E-state index contributed by atoms with van der Waals surface area (Å²) in [5.41, 5.74) is -0.488. The third-order valence-electron chi connectivity index (χ3n) is 7.44. The van der Waals surface area contributed by atoms with Crippen LogP contribution in [0.4, 0.5) is 9.39 Å². The smallest absolute Gasteiger partial charge is 0.332 e. The molecule has 0 aliphatic carbocycles. The van der Waals surface area contributed by atoms with E-state index in [-0.39, 0.29) is 37.1 Å². The van der Waals surface area contributed by atoms with Crippen molar-refractivity contribution in [3.05, 3.63) is 56.0 Å². The molecule has 12 nitrogen and oxygen atoms in total. The van der Waals surface area contributed by atoms with Crippen molar-refractivity contribution in [3.8, 4) is 5.75 Å². The van der Waals surface area contributed by atoms with Gasteiger partial charge in [-0.15, -0.1) is 5.12 Å². The molecule has 1 aliphatic rings. The molecule has 0 unspecified atom stereocenters. The summed E-state index contributed by atoms with van der Waals surface area (Å²) >= 11 is 1.11. The number of aliphatic hydroxyl groups is 1. The molecule has 1 N–H and O–H groups in total. The first-order chi connectivity index (χ1) is 20.6. The van der Waals surface area contributed by atoms with Crippen molar-refractivity contribution in [2.45, 2.75) is 65.3 Å². The highest BCUT2D eigenvalue weighted by molar-refractivity contribution is 7.22. The van der Waals surface area contributed by atoms with Gasteiger partial charge >= 0.3 is 5.69 Å². The van der Waals surface area contributed by atoms with Crippen LogP contribution in [-0.4, -0.2) is 70.9 Å². The number of hydrogen-bond donors (Lipinski definition) is 1. The molecule has 2 atom stereocenters. The van der Waals surface area contributed by atoms with Crippen LogP contribution in [0.1, 0.15) is 56.9 Å². The van der Waals surface area contributed by atoms with Crippen molar-refractivity contribution in [3.63, 3.8) is 0 Å². The van der Waals surface area contributed by atoms with E-state index in [1.54, 1.807) is 18.7 Å². The number of rotatable bonds is 12. The van der Waals surface area contributed by atoms with Gasteiger partial charge in [-0.1, -0.05) is 11.3 Å². The predicted octanol–water partition coefficient (Wildman–Crippen LogP) is 3.43. The molecule has 3 aromatic rings. The monoisotopic (exact) mass is 616 g/mol. The first-order valence-corrected chi connectivity index (χ1v) is 14.8. The Morgan fingerprint density at radius 1 is 1.30 bits per heavy atom. The van der Waals surface area contributed by atoms with E-state index in [0.29, 0.717) is 46.1 Å². The number of piperidine rings is 1. The largest absolute Gasteiger partial charge is 0.496 e. The number of fused-ring (bicyclic) bond motifs is 1. The fraction of sp³-hybridized carbons (Fsp3) is 0.483. The number of carbonyl (C=O) groups is 1. The van der Waals surface area contributed by atoms with Crippen LogP contribution in [0.2, 0.25) is 0 Å². The minimum absolute atomic E-state index is 0.109. The van der Waals surface area contributed by atoms with E-state index in [1.165, 1.54) is 41.2 Å². The number of aromatic nitrogens is 2. The van der Waals surface area contributed by atoms with Gasteiger partial charge in [-0.25, -0.2) is 13.8 Å². The van der Waals surface area contributed by atoms with Gasteiger partial charge in [0, 0.05) is 36.6 Å². The molecule has 2 aromatic heterocycles. The molecule has 1 saturated heterocycles. The zero-order valence-electron chi connectivity index (χ0n) is 24.9. The lowest BCUT2D eigenvalue weighted by molar-refractivity contribution is -0.139. The maximum Gasteiger partial charge on any atom is 0.332 e. The molecule has 1 aromatic carbocycles. The number of ether oxygens (including phenoxy) is 2. The summed E-state index contributed by atoms with van der Waals surface area (Å²) in [6, 6.07) is 2.82. The van der Waals surface area contributed by atoms with Crippen LogP contribution in [0, 0.1) is 12.7 Å². The molecular formula is C29H37FN6O6S. The van der Waals surface area contributed by atoms with Crippen molar-refractivity contribution >= 4 is 45.4 Å². The van der Waals surface area contributed by atoms with E-state index >= 15 is 0 Å². The number of hydrazone groups is 2. The van der Waals surface area contributed by atoms with Crippen LogP contribution in [0.5, 0.6) is 5.75 Å². The number of nitrogens with zero attached hydrogens (tertiary/aromatic N) is 6.